The number of hydrogen-bond acceptors (Lipinski definition) is 6. The number of quaternary nitrogens is 4. The molecule has 6 aromatic rings. The largest absolute Gasteiger partial charge is 2.00 e. The zero-order valence-electron chi connectivity index (χ0n) is 62.9. The van der Waals surface area contributed by atoms with Gasteiger partial charge in [-0.05, 0) is 225 Å². The van der Waals surface area contributed by atoms with Crippen LogP contribution in [0.25, 0.3) is 34.6 Å². The van der Waals surface area contributed by atoms with E-state index in [2.05, 4.69) is 95.9 Å². The quantitative estimate of drug-likeness (QED) is 0.0954. The maximum atomic E-state index is 11.1. The summed E-state index contributed by atoms with van der Waals surface area (Å²) >= 11 is 0. The molecule has 0 atom stereocenters. The molecular formula is C78H114Mg2N4Na2O6+4. The standard InChI is InChI=1S/6C11H14O.2C6H16N2.2Mg.2Na/c6*1-7-5-8(2)11(10(4)12)9(3)6-7;2*1-7(2)5-6-8(3)4;;;;/h6*5-6,12H,4H2,1-3H3;2*5-6H2,1-4H3;;;;/q;;;;;;;;2*+2;2*+1/p-2. The summed E-state index contributed by atoms with van der Waals surface area (Å²) in [5, 5.41) is 66.5. The zero-order valence-corrected chi connectivity index (χ0v) is 69.7. The second-order valence-corrected chi connectivity index (χ2v) is 25.0. The van der Waals surface area contributed by atoms with Crippen LogP contribution in [0.1, 0.15) is 134 Å². The van der Waals surface area contributed by atoms with Crippen LogP contribution < -0.4 is 109 Å². The molecule has 0 aromatic heterocycles. The van der Waals surface area contributed by atoms with E-state index in [0.29, 0.717) is 0 Å². The molecular weight excluding hydrogens is 1180 g/mol. The molecule has 0 aliphatic heterocycles. The van der Waals surface area contributed by atoms with Crippen molar-refractivity contribution in [1.29, 1.82) is 0 Å². The first-order valence-electron chi connectivity index (χ1n) is 30.2. The van der Waals surface area contributed by atoms with Crippen molar-refractivity contribution in [2.75, 3.05) is 82.6 Å². The Kier molecular flexibility index (Phi) is 53.2. The molecule has 0 heterocycles. The van der Waals surface area contributed by atoms with Gasteiger partial charge in [0.2, 0.25) is 0 Å². The summed E-state index contributed by atoms with van der Waals surface area (Å²) in [5.41, 5.74) is 24.0. The first kappa shape index (κ1) is 99.0. The molecule has 0 bridgehead atoms. The van der Waals surface area contributed by atoms with Gasteiger partial charge < -0.3 is 50.2 Å². The van der Waals surface area contributed by atoms with Crippen LogP contribution in [0.3, 0.4) is 0 Å². The first-order chi connectivity index (χ1) is 40.4. The Labute approximate surface area is 636 Å². The molecule has 484 valence electrons. The monoisotopic (exact) mass is 1300 g/mol. The summed E-state index contributed by atoms with van der Waals surface area (Å²) < 4.78 is 0. The normalized spacial score (nSPS) is 9.72. The minimum Gasteiger partial charge on any atom is -0.872 e. The minimum absolute atomic E-state index is 0. The summed E-state index contributed by atoms with van der Waals surface area (Å²) in [6.07, 6.45) is 0. The molecule has 10 nitrogen and oxygen atoms in total. The molecule has 6 aromatic carbocycles. The third kappa shape index (κ3) is 39.1. The van der Waals surface area contributed by atoms with E-state index in [-0.39, 0.29) is 140 Å². The van der Waals surface area contributed by atoms with Crippen LogP contribution in [-0.4, -0.2) is 129 Å². The van der Waals surface area contributed by atoms with Crippen LogP contribution in [0.15, 0.2) is 112 Å². The summed E-state index contributed by atoms with van der Waals surface area (Å²) in [5.74, 6) is -0.556. The first-order valence-corrected chi connectivity index (χ1v) is 30.2. The van der Waals surface area contributed by atoms with E-state index >= 15 is 0 Å². The summed E-state index contributed by atoms with van der Waals surface area (Å²) in [4.78, 5) is 6.13. The van der Waals surface area contributed by atoms with Crippen molar-refractivity contribution < 1.29 is 109 Å². The topological polar surface area (TPSA) is 156 Å². The third-order valence-corrected chi connectivity index (χ3v) is 14.0. The maximum Gasteiger partial charge on any atom is 2.00 e. The van der Waals surface area contributed by atoms with Gasteiger partial charge >= 0.3 is 105 Å². The fraction of sp³-hybridized carbons (Fsp3) is 0.385. The SMILES string of the molecule is C=C([O-])c1c(C)cc(C)cc1C.C=C([O-])c1c(C)cc(C)cc1C.C=C([O-])c1c(C)cc(C)cc1C.C=C([O-])c1c(C)cc(C)cc1C.C=C([O-])c1c(C)cc(C)cc1C.C=C([O-])c1c(C)cc(C)cc1C.C[NH+](C)CC[NH+](C)C.C[NH+](C)CC[NH+](C)C.[Mg+2].[Mg+2].[Na+].[Na+]. The molecule has 4 N–H and O–H groups in total. The van der Waals surface area contributed by atoms with Crippen LogP contribution >= 0.6 is 0 Å². The van der Waals surface area contributed by atoms with E-state index < -0.39 is 0 Å². The molecule has 0 saturated carbocycles. The van der Waals surface area contributed by atoms with Crippen molar-refractivity contribution in [1.82, 2.24) is 0 Å². The number of likely N-dealkylation sites (N-methyl/N-ethyl adjacent to an activating group) is 4. The molecule has 14 heteroatoms. The minimum atomic E-state index is -0.0926. The van der Waals surface area contributed by atoms with Gasteiger partial charge in [-0.15, -0.1) is 74.0 Å². The van der Waals surface area contributed by atoms with Gasteiger partial charge in [0, 0.05) is 0 Å². The molecule has 0 aliphatic carbocycles. The average Bonchev–Trinajstić information content (AvgIpc) is 3.31. The van der Waals surface area contributed by atoms with E-state index in [9.17, 15) is 30.6 Å². The van der Waals surface area contributed by atoms with E-state index in [1.807, 2.05) is 197 Å². The summed E-state index contributed by atoms with van der Waals surface area (Å²) in [6, 6.07) is 24.1. The average molecular weight is 1300 g/mol. The molecule has 0 unspecified atom stereocenters. The van der Waals surface area contributed by atoms with Gasteiger partial charge in [0.25, 0.3) is 0 Å². The molecule has 0 aliphatic rings. The van der Waals surface area contributed by atoms with Crippen LogP contribution in [0.5, 0.6) is 0 Å². The Bertz CT molecular complexity index is 2630. The predicted molar refractivity (Wildman–Crippen MR) is 380 cm³/mol. The molecule has 0 fully saturated rings. The number of rotatable bonds is 12. The molecule has 0 saturated heterocycles. The van der Waals surface area contributed by atoms with E-state index in [1.165, 1.54) is 79.2 Å². The van der Waals surface area contributed by atoms with E-state index in [4.69, 9.17) is 0 Å². The number of nitrogens with one attached hydrogen (secondary N) is 4. The predicted octanol–water partition coefficient (Wildman–Crippen LogP) is -0.546. The van der Waals surface area contributed by atoms with Crippen molar-refractivity contribution in [3.63, 3.8) is 0 Å². The van der Waals surface area contributed by atoms with Gasteiger partial charge in [-0.25, -0.2) is 0 Å². The Balaban J connectivity index is -0.000000229. The van der Waals surface area contributed by atoms with Crippen molar-refractivity contribution in [3.8, 4) is 0 Å². The Morgan fingerprint density at radius 1 is 0.228 bits per heavy atom. The number of benzene rings is 6. The summed E-state index contributed by atoms with van der Waals surface area (Å²) in [7, 11) is 17.5. The van der Waals surface area contributed by atoms with Crippen molar-refractivity contribution in [2.24, 2.45) is 0 Å². The fourth-order valence-electron chi connectivity index (χ4n) is 10.7. The molecule has 0 radical (unpaired) electrons. The van der Waals surface area contributed by atoms with Gasteiger partial charge in [0.15, 0.2) is 0 Å². The fourth-order valence-corrected chi connectivity index (χ4v) is 10.7. The summed E-state index contributed by atoms with van der Waals surface area (Å²) in [6.45, 7) is 61.1. The van der Waals surface area contributed by atoms with Crippen LogP contribution in [0.4, 0.5) is 0 Å². The third-order valence-electron chi connectivity index (χ3n) is 14.0. The van der Waals surface area contributed by atoms with Crippen molar-refractivity contribution in [2.45, 2.75) is 125 Å². The second kappa shape index (κ2) is 49.5. The number of aryl methyl sites for hydroxylation is 18. The van der Waals surface area contributed by atoms with Crippen LogP contribution in [-0.2, 0) is 0 Å². The maximum absolute atomic E-state index is 11.1. The van der Waals surface area contributed by atoms with Gasteiger partial charge in [0.1, 0.15) is 26.2 Å². The van der Waals surface area contributed by atoms with Gasteiger partial charge in [-0.3, -0.25) is 0 Å². The van der Waals surface area contributed by atoms with E-state index in [0.717, 1.165) is 100 Å². The van der Waals surface area contributed by atoms with Gasteiger partial charge in [-0.1, -0.05) is 106 Å². The van der Waals surface area contributed by atoms with E-state index in [1.54, 1.807) is 0 Å². The van der Waals surface area contributed by atoms with Gasteiger partial charge in [-0.2, -0.15) is 0 Å². The zero-order chi connectivity index (χ0) is 68.9. The number of hydrogen-bond donors (Lipinski definition) is 4. The van der Waals surface area contributed by atoms with Crippen LogP contribution in [0.2, 0.25) is 0 Å². The smallest absolute Gasteiger partial charge is 0.872 e. The van der Waals surface area contributed by atoms with Gasteiger partial charge in [0.05, 0.1) is 56.4 Å². The molecule has 92 heavy (non-hydrogen) atoms. The molecule has 0 spiro atoms. The van der Waals surface area contributed by atoms with Crippen LogP contribution in [0, 0.1) is 125 Å². The Morgan fingerprint density at radius 3 is 0.359 bits per heavy atom. The van der Waals surface area contributed by atoms with Crippen molar-refractivity contribution >= 4 is 80.7 Å². The Hall–Kier alpha value is -4.07. The molecule has 0 amide bonds. The molecule has 6 rings (SSSR count). The second-order valence-electron chi connectivity index (χ2n) is 25.0. The van der Waals surface area contributed by atoms with Crippen molar-refractivity contribution in [3.05, 3.63) is 246 Å². The Morgan fingerprint density at radius 2 is 0.304 bits per heavy atom.